The Kier molecular flexibility index (Phi) is 2.80. The van der Waals surface area contributed by atoms with E-state index in [4.69, 9.17) is 5.14 Å². The fourth-order valence-corrected chi connectivity index (χ4v) is 1.28. The van der Waals surface area contributed by atoms with E-state index < -0.39 is 11.4 Å². The zero-order valence-corrected chi connectivity index (χ0v) is 6.42. The van der Waals surface area contributed by atoms with Crippen molar-refractivity contribution in [2.75, 3.05) is 5.75 Å². The Morgan fingerprint density at radius 1 is 1.50 bits per heavy atom. The minimum atomic E-state index is -1.14. The van der Waals surface area contributed by atoms with Gasteiger partial charge < -0.3 is 4.55 Å². The Morgan fingerprint density at radius 3 is 1.88 bits per heavy atom. The van der Waals surface area contributed by atoms with Crippen molar-refractivity contribution in [3.05, 3.63) is 0 Å². The number of hydrogen-bond donors (Lipinski definition) is 1. The quantitative estimate of drug-likeness (QED) is 0.537. The summed E-state index contributed by atoms with van der Waals surface area (Å²) in [6.45, 7) is 6.04. The Hall–Kier alpha value is 0.270. The van der Waals surface area contributed by atoms with Crippen LogP contribution < -0.4 is 5.14 Å². The molecular weight excluding hydrogens is 122 g/mol. The van der Waals surface area contributed by atoms with E-state index in [9.17, 15) is 4.55 Å². The molecule has 0 fully saturated rings. The average molecular weight is 135 g/mol. The Morgan fingerprint density at radius 2 is 1.88 bits per heavy atom. The van der Waals surface area contributed by atoms with Gasteiger partial charge in [0.05, 0.1) is 0 Å². The first kappa shape index (κ1) is 8.27. The van der Waals surface area contributed by atoms with E-state index in [-0.39, 0.29) is 5.41 Å². The number of rotatable bonds is 1. The summed E-state index contributed by atoms with van der Waals surface area (Å²) in [5.74, 6) is 0.576. The third kappa shape index (κ3) is 6.27. The third-order valence-electron chi connectivity index (χ3n) is 0.575. The predicted octanol–water partition coefficient (Wildman–Crippen LogP) is 0.655. The van der Waals surface area contributed by atoms with E-state index in [0.717, 1.165) is 0 Å². The molecule has 0 spiro atoms. The van der Waals surface area contributed by atoms with Gasteiger partial charge in [-0.3, -0.25) is 0 Å². The summed E-state index contributed by atoms with van der Waals surface area (Å²) in [5, 5.41) is 5.05. The van der Waals surface area contributed by atoms with Crippen LogP contribution in [0.5, 0.6) is 0 Å². The van der Waals surface area contributed by atoms with Crippen LogP contribution in [0.4, 0.5) is 0 Å². The molecule has 0 aliphatic rings. The first-order valence-electron chi connectivity index (χ1n) is 2.54. The molecule has 2 N–H and O–H groups in total. The van der Waals surface area contributed by atoms with Gasteiger partial charge in [0.25, 0.3) is 0 Å². The zero-order valence-electron chi connectivity index (χ0n) is 5.60. The molecule has 0 bridgehead atoms. The van der Waals surface area contributed by atoms with Crippen LogP contribution in [-0.4, -0.2) is 10.3 Å². The van der Waals surface area contributed by atoms with E-state index >= 15 is 0 Å². The van der Waals surface area contributed by atoms with Gasteiger partial charge in [-0.1, -0.05) is 20.8 Å². The van der Waals surface area contributed by atoms with E-state index in [1.165, 1.54) is 0 Å². The molecule has 1 atom stereocenters. The first-order chi connectivity index (χ1) is 3.42. The molecule has 0 saturated heterocycles. The molecule has 0 aromatic rings. The minimum absolute atomic E-state index is 0.0968. The summed E-state index contributed by atoms with van der Waals surface area (Å²) in [6, 6.07) is 0. The summed E-state index contributed by atoms with van der Waals surface area (Å²) < 4.78 is 10.3. The second kappa shape index (κ2) is 2.71. The minimum Gasteiger partial charge on any atom is -0.598 e. The second-order valence-electron chi connectivity index (χ2n) is 3.09. The first-order valence-corrected chi connectivity index (χ1v) is 3.93. The maximum absolute atomic E-state index is 10.3. The van der Waals surface area contributed by atoms with Gasteiger partial charge in [-0.25, -0.2) is 0 Å². The van der Waals surface area contributed by atoms with Crippen LogP contribution in [0.15, 0.2) is 0 Å². The molecule has 0 aliphatic carbocycles. The van der Waals surface area contributed by atoms with Crippen LogP contribution in [0.2, 0.25) is 0 Å². The van der Waals surface area contributed by atoms with E-state index in [2.05, 4.69) is 0 Å². The molecule has 0 aromatic heterocycles. The maximum Gasteiger partial charge on any atom is 0.130 e. The van der Waals surface area contributed by atoms with Gasteiger partial charge >= 0.3 is 0 Å². The van der Waals surface area contributed by atoms with E-state index in [1.54, 1.807) is 0 Å². The maximum atomic E-state index is 10.3. The lowest BCUT2D eigenvalue weighted by Crippen LogP contribution is -2.26. The molecule has 0 amide bonds. The molecule has 0 aliphatic heterocycles. The summed E-state index contributed by atoms with van der Waals surface area (Å²) in [4.78, 5) is 0. The van der Waals surface area contributed by atoms with E-state index in [0.29, 0.717) is 5.75 Å². The molecule has 0 aromatic carbocycles. The Labute approximate surface area is 53.8 Å². The second-order valence-corrected chi connectivity index (χ2v) is 4.14. The molecule has 0 heterocycles. The average Bonchev–Trinajstić information content (AvgIpc) is 1.21. The van der Waals surface area contributed by atoms with Crippen molar-refractivity contribution in [2.24, 2.45) is 10.6 Å². The monoisotopic (exact) mass is 135 g/mol. The molecule has 0 unspecified atom stereocenters. The predicted molar refractivity (Wildman–Crippen MR) is 36.7 cm³/mol. The number of hydrogen-bond acceptors (Lipinski definition) is 2. The fourth-order valence-electron chi connectivity index (χ4n) is 0.427. The van der Waals surface area contributed by atoms with Gasteiger partial charge in [-0.05, 0) is 0 Å². The molecule has 0 rings (SSSR count). The SMILES string of the molecule is CC(C)(C)C[S@@+](N)[O-]. The highest BCUT2D eigenvalue weighted by molar-refractivity contribution is 7.89. The van der Waals surface area contributed by atoms with Crippen molar-refractivity contribution < 1.29 is 4.55 Å². The van der Waals surface area contributed by atoms with Crippen molar-refractivity contribution >= 4 is 11.4 Å². The summed E-state index contributed by atoms with van der Waals surface area (Å²) >= 11 is -1.14. The topological polar surface area (TPSA) is 49.1 Å². The smallest absolute Gasteiger partial charge is 0.130 e. The third-order valence-corrected chi connectivity index (χ3v) is 1.73. The van der Waals surface area contributed by atoms with Crippen molar-refractivity contribution in [1.29, 1.82) is 0 Å². The Bertz CT molecular complexity index is 67.3. The molecule has 50 valence electrons. The molecule has 0 radical (unpaired) electrons. The summed E-state index contributed by atoms with van der Waals surface area (Å²) in [7, 11) is 0. The molecule has 2 nitrogen and oxygen atoms in total. The van der Waals surface area contributed by atoms with Gasteiger partial charge in [0.15, 0.2) is 0 Å². The van der Waals surface area contributed by atoms with Crippen molar-refractivity contribution in [2.45, 2.75) is 20.8 Å². The van der Waals surface area contributed by atoms with Crippen LogP contribution in [0, 0.1) is 5.41 Å². The summed E-state index contributed by atoms with van der Waals surface area (Å²) in [5.41, 5.74) is 0.0968. The highest BCUT2D eigenvalue weighted by Crippen LogP contribution is 2.13. The van der Waals surface area contributed by atoms with Crippen molar-refractivity contribution in [3.8, 4) is 0 Å². The highest BCUT2D eigenvalue weighted by atomic mass is 32.2. The van der Waals surface area contributed by atoms with Crippen LogP contribution in [-0.2, 0) is 11.4 Å². The van der Waals surface area contributed by atoms with Crippen LogP contribution in [0.1, 0.15) is 20.8 Å². The number of nitrogens with two attached hydrogens (primary N) is 1. The zero-order chi connectivity index (χ0) is 6.78. The lowest BCUT2D eigenvalue weighted by atomic mass is 10.0. The molecule has 0 saturated carbocycles. The van der Waals surface area contributed by atoms with Gasteiger partial charge in [0.1, 0.15) is 5.75 Å². The fraction of sp³-hybridized carbons (Fsp3) is 1.00. The molecule has 3 heteroatoms. The standard InChI is InChI=1S/C5H13NOS/c1-5(2,3)4-8(6)7/h4,6H2,1-3H3/t8-/m0/s1. The summed E-state index contributed by atoms with van der Waals surface area (Å²) in [6.07, 6.45) is 0. The van der Waals surface area contributed by atoms with Gasteiger partial charge in [0.2, 0.25) is 0 Å². The van der Waals surface area contributed by atoms with Crippen LogP contribution >= 0.6 is 0 Å². The van der Waals surface area contributed by atoms with Gasteiger partial charge in [-0.15, -0.1) is 0 Å². The van der Waals surface area contributed by atoms with Gasteiger partial charge in [0, 0.05) is 16.8 Å². The lowest BCUT2D eigenvalue weighted by molar-refractivity contribution is 0.462. The Balaban J connectivity index is 3.39. The highest BCUT2D eigenvalue weighted by Gasteiger charge is 2.16. The van der Waals surface area contributed by atoms with E-state index in [1.807, 2.05) is 20.8 Å². The molecular formula is C5H13NOS. The van der Waals surface area contributed by atoms with Crippen molar-refractivity contribution in [1.82, 2.24) is 0 Å². The van der Waals surface area contributed by atoms with Crippen LogP contribution in [0.3, 0.4) is 0 Å². The van der Waals surface area contributed by atoms with Gasteiger partial charge in [-0.2, -0.15) is 5.14 Å². The lowest BCUT2D eigenvalue weighted by Gasteiger charge is -2.16. The normalized spacial score (nSPS) is 16.1. The van der Waals surface area contributed by atoms with Crippen molar-refractivity contribution in [3.63, 3.8) is 0 Å². The van der Waals surface area contributed by atoms with Crippen LogP contribution in [0.25, 0.3) is 0 Å². The largest absolute Gasteiger partial charge is 0.598 e. The molecule has 8 heavy (non-hydrogen) atoms.